The van der Waals surface area contributed by atoms with Crippen molar-refractivity contribution < 1.29 is 23.9 Å². The third-order valence-corrected chi connectivity index (χ3v) is 9.64. The molecule has 0 aromatic carbocycles. The molecule has 6 atom stereocenters. The van der Waals surface area contributed by atoms with Gasteiger partial charge in [-0.1, -0.05) is 24.3 Å². The Kier molecular flexibility index (Phi) is 9.04. The summed E-state index contributed by atoms with van der Waals surface area (Å²) in [5.41, 5.74) is 11.2. The number of carbonyl (C=O) groups is 4. The van der Waals surface area contributed by atoms with Crippen LogP contribution in [0.2, 0.25) is 0 Å². The number of hydrogen-bond acceptors (Lipinski definition) is 8. The maximum Gasteiger partial charge on any atom is 0.312 e. The molecule has 4 fully saturated rings. The summed E-state index contributed by atoms with van der Waals surface area (Å²) in [6.07, 6.45) is 15.2. The van der Waals surface area contributed by atoms with Crippen LogP contribution in [0.1, 0.15) is 51.4 Å². The first kappa shape index (κ1) is 28.8. The molecule has 10 heteroatoms. The number of thioether (sulfide) groups is 1. The molecule has 0 spiro atoms. The van der Waals surface area contributed by atoms with Crippen LogP contribution in [0.25, 0.3) is 0 Å². The van der Waals surface area contributed by atoms with E-state index in [1.165, 1.54) is 7.11 Å². The van der Waals surface area contributed by atoms with Gasteiger partial charge in [0.2, 0.25) is 11.8 Å². The number of nitrogens with one attached hydrogen (secondary N) is 2. The molecule has 0 aromatic rings. The van der Waals surface area contributed by atoms with Crippen molar-refractivity contribution in [2.24, 2.45) is 40.6 Å². The van der Waals surface area contributed by atoms with Gasteiger partial charge in [-0.05, 0) is 81.1 Å². The molecule has 4 saturated carbocycles. The first-order valence-electron chi connectivity index (χ1n) is 13.7. The van der Waals surface area contributed by atoms with E-state index in [1.54, 1.807) is 11.8 Å². The average Bonchev–Trinajstić information content (AvgIpc) is 2.88. The summed E-state index contributed by atoms with van der Waals surface area (Å²) in [6, 6.07) is -1.54. The molecule has 4 bridgehead atoms. The van der Waals surface area contributed by atoms with Gasteiger partial charge in [0, 0.05) is 5.54 Å². The van der Waals surface area contributed by atoms with Crippen LogP contribution in [0.4, 0.5) is 0 Å². The number of esters is 1. The van der Waals surface area contributed by atoms with Crippen LogP contribution >= 0.6 is 11.8 Å². The Bertz CT molecular complexity index is 984. The first-order chi connectivity index (χ1) is 18.1. The number of amides is 2. The average molecular weight is 547 g/mol. The van der Waals surface area contributed by atoms with Crippen molar-refractivity contribution in [1.29, 1.82) is 0 Å². The Hall–Kier alpha value is -2.17. The second-order valence-corrected chi connectivity index (χ2v) is 12.8. The largest absolute Gasteiger partial charge is 0.469 e. The lowest BCUT2D eigenvalue weighted by Crippen LogP contribution is -2.72. The molecule has 0 aliphatic heterocycles. The Morgan fingerprint density at radius 2 is 1.84 bits per heavy atom. The zero-order valence-electron chi connectivity index (χ0n) is 22.4. The van der Waals surface area contributed by atoms with Gasteiger partial charge in [0.1, 0.15) is 0 Å². The van der Waals surface area contributed by atoms with Gasteiger partial charge in [-0.25, -0.2) is 0 Å². The molecule has 5 rings (SSSR count). The predicted molar refractivity (Wildman–Crippen MR) is 147 cm³/mol. The lowest BCUT2D eigenvalue weighted by molar-refractivity contribution is -0.188. The highest BCUT2D eigenvalue weighted by molar-refractivity contribution is 7.98. The first-order valence-corrected chi connectivity index (χ1v) is 15.1. The number of Topliss-reactive ketones (excluding diaryl/α,β-unsaturated/α-hetero) is 1. The zero-order valence-corrected chi connectivity index (χ0v) is 23.3. The van der Waals surface area contributed by atoms with E-state index in [0.29, 0.717) is 50.4 Å². The summed E-state index contributed by atoms with van der Waals surface area (Å²) in [5, 5.41) is 5.48. The Balaban J connectivity index is 1.53. The fourth-order valence-corrected chi connectivity index (χ4v) is 8.25. The third kappa shape index (κ3) is 5.87. The number of rotatable bonds is 12. The molecule has 210 valence electrons. The highest BCUT2D eigenvalue weighted by Gasteiger charge is 2.68. The van der Waals surface area contributed by atoms with Gasteiger partial charge in [0.15, 0.2) is 5.78 Å². The standard InChI is InChI=1S/C28H42N4O5S/c1-37-26(36)27-12-18-10-19(13-27)15-28(30,14-18)24(27)23(34)21(11-17-6-4-3-5-7-17)32-22(33)16-31-25(35)20(29)8-9-38-2/h3-6,17-21,24H,7-16,29-30H2,1-2H3,(H,31,35)(H,32,33)/t17?,18?,19?,20-,21+,24?,27?,28?/m1/s1. The molecule has 5 aliphatic rings. The van der Waals surface area contributed by atoms with E-state index in [-0.39, 0.29) is 24.2 Å². The second-order valence-electron chi connectivity index (χ2n) is 11.8. The van der Waals surface area contributed by atoms with Crippen LogP contribution in [0.15, 0.2) is 24.3 Å². The quantitative estimate of drug-likeness (QED) is 0.268. The van der Waals surface area contributed by atoms with Crippen LogP contribution in [-0.2, 0) is 23.9 Å². The normalized spacial score (nSPS) is 34.4. The fourth-order valence-electron chi connectivity index (χ4n) is 7.76. The predicted octanol–water partition coefficient (Wildman–Crippen LogP) is 1.46. The van der Waals surface area contributed by atoms with Crippen molar-refractivity contribution in [1.82, 2.24) is 10.6 Å². The van der Waals surface area contributed by atoms with Crippen molar-refractivity contribution in [3.8, 4) is 0 Å². The van der Waals surface area contributed by atoms with Crippen LogP contribution in [0, 0.1) is 29.1 Å². The van der Waals surface area contributed by atoms with E-state index in [0.717, 1.165) is 18.6 Å². The van der Waals surface area contributed by atoms with Crippen LogP contribution in [0.3, 0.4) is 0 Å². The Morgan fingerprint density at radius 3 is 2.45 bits per heavy atom. The maximum atomic E-state index is 14.4. The van der Waals surface area contributed by atoms with Crippen molar-refractivity contribution in [2.45, 2.75) is 69.0 Å². The molecule has 0 aromatic heterocycles. The molecule has 2 amide bonds. The third-order valence-electron chi connectivity index (χ3n) is 8.99. The van der Waals surface area contributed by atoms with E-state index < -0.39 is 40.8 Å². The van der Waals surface area contributed by atoms with Crippen LogP contribution in [0.5, 0.6) is 0 Å². The number of hydrogen-bond donors (Lipinski definition) is 4. The lowest BCUT2D eigenvalue weighted by atomic mass is 9.41. The van der Waals surface area contributed by atoms with Crippen molar-refractivity contribution in [3.63, 3.8) is 0 Å². The fraction of sp³-hybridized carbons (Fsp3) is 0.714. The van der Waals surface area contributed by atoms with E-state index >= 15 is 0 Å². The smallest absolute Gasteiger partial charge is 0.312 e. The van der Waals surface area contributed by atoms with Crippen LogP contribution < -0.4 is 22.1 Å². The number of ether oxygens (including phenoxy) is 1. The molecular formula is C28H42N4O5S. The topological polar surface area (TPSA) is 154 Å². The van der Waals surface area contributed by atoms with Gasteiger partial charge in [-0.2, -0.15) is 11.8 Å². The van der Waals surface area contributed by atoms with Gasteiger partial charge in [0.25, 0.3) is 0 Å². The molecule has 0 radical (unpaired) electrons. The summed E-state index contributed by atoms with van der Waals surface area (Å²) in [7, 11) is 1.37. The summed E-state index contributed by atoms with van der Waals surface area (Å²) >= 11 is 1.60. The van der Waals surface area contributed by atoms with Gasteiger partial charge < -0.3 is 26.8 Å². The number of allylic oxidation sites excluding steroid dienone is 4. The van der Waals surface area contributed by atoms with Gasteiger partial charge in [-0.3, -0.25) is 19.2 Å². The molecule has 5 aliphatic carbocycles. The minimum Gasteiger partial charge on any atom is -0.469 e. The van der Waals surface area contributed by atoms with Gasteiger partial charge in [-0.15, -0.1) is 0 Å². The van der Waals surface area contributed by atoms with Crippen molar-refractivity contribution >= 4 is 35.3 Å². The molecular weight excluding hydrogens is 504 g/mol. The zero-order chi connectivity index (χ0) is 27.5. The monoisotopic (exact) mass is 546 g/mol. The SMILES string of the molecule is COC(=O)C12CC3CC(CC(N)(C3)C1C(=O)[C@H](CC1C=CC=CC1)NC(=O)CNC(=O)[C@H](N)CCSC)C2. The lowest BCUT2D eigenvalue weighted by Gasteiger charge is -2.63. The van der Waals surface area contributed by atoms with Crippen molar-refractivity contribution in [2.75, 3.05) is 25.7 Å². The second kappa shape index (κ2) is 11.9. The highest BCUT2D eigenvalue weighted by Crippen LogP contribution is 2.64. The molecule has 38 heavy (non-hydrogen) atoms. The Labute approximate surface area is 229 Å². The molecule has 0 saturated heterocycles. The van der Waals surface area contributed by atoms with E-state index in [4.69, 9.17) is 16.2 Å². The minimum absolute atomic E-state index is 0.0587. The molecule has 0 heterocycles. The van der Waals surface area contributed by atoms with Crippen molar-refractivity contribution in [3.05, 3.63) is 24.3 Å². The number of nitrogens with two attached hydrogens (primary N) is 2. The summed E-state index contributed by atoms with van der Waals surface area (Å²) < 4.78 is 5.27. The maximum absolute atomic E-state index is 14.4. The van der Waals surface area contributed by atoms with E-state index in [2.05, 4.69) is 10.6 Å². The highest BCUT2D eigenvalue weighted by atomic mass is 32.2. The van der Waals surface area contributed by atoms with Gasteiger partial charge >= 0.3 is 5.97 Å². The summed E-state index contributed by atoms with van der Waals surface area (Å²) in [4.78, 5) is 53.0. The summed E-state index contributed by atoms with van der Waals surface area (Å²) in [6.45, 7) is -0.277. The van der Waals surface area contributed by atoms with Crippen LogP contribution in [-0.4, -0.2) is 66.9 Å². The molecule has 6 N–H and O–H groups in total. The summed E-state index contributed by atoms with van der Waals surface area (Å²) in [5.74, 6) is -0.738. The van der Waals surface area contributed by atoms with E-state index in [1.807, 2.05) is 30.6 Å². The van der Waals surface area contributed by atoms with Gasteiger partial charge in [0.05, 0.1) is 37.1 Å². The van der Waals surface area contributed by atoms with E-state index in [9.17, 15) is 19.2 Å². The minimum atomic E-state index is -0.950. The number of ketones is 1. The molecule has 4 unspecified atom stereocenters. The Morgan fingerprint density at radius 1 is 1.13 bits per heavy atom. The number of carbonyl (C=O) groups excluding carboxylic acids is 4. The number of methoxy groups -OCH3 is 1. The molecule has 9 nitrogen and oxygen atoms in total.